The van der Waals surface area contributed by atoms with Crippen LogP contribution < -0.4 is 5.73 Å². The zero-order valence-electron chi connectivity index (χ0n) is 11.3. The lowest BCUT2D eigenvalue weighted by molar-refractivity contribution is 0.0637. The van der Waals surface area contributed by atoms with Crippen molar-refractivity contribution in [2.24, 2.45) is 5.73 Å². The van der Waals surface area contributed by atoms with E-state index < -0.39 is 0 Å². The Balaban J connectivity index is 2.20. The first-order valence-electron chi connectivity index (χ1n) is 6.71. The molecule has 3 heteroatoms. The largest absolute Gasteiger partial charge is 0.332 e. The van der Waals surface area contributed by atoms with Crippen LogP contribution >= 0.6 is 0 Å². The third kappa shape index (κ3) is 2.27. The zero-order valence-corrected chi connectivity index (χ0v) is 11.3. The summed E-state index contributed by atoms with van der Waals surface area (Å²) in [5.41, 5.74) is 7.69. The molecule has 1 saturated heterocycles. The SMILES string of the molecule is CCc1ccc(C(=O)N2CCCC2(C)CN)cc1. The van der Waals surface area contributed by atoms with Gasteiger partial charge in [0, 0.05) is 18.7 Å². The average molecular weight is 246 g/mol. The number of rotatable bonds is 3. The number of nitrogens with two attached hydrogens (primary N) is 1. The molecular formula is C15H22N2O. The van der Waals surface area contributed by atoms with Crippen molar-refractivity contribution in [2.75, 3.05) is 13.1 Å². The van der Waals surface area contributed by atoms with E-state index in [9.17, 15) is 4.79 Å². The number of benzene rings is 1. The van der Waals surface area contributed by atoms with Gasteiger partial charge in [-0.1, -0.05) is 19.1 Å². The Labute approximate surface area is 109 Å². The second kappa shape index (κ2) is 5.11. The van der Waals surface area contributed by atoms with E-state index >= 15 is 0 Å². The maximum atomic E-state index is 12.5. The number of hydrogen-bond donors (Lipinski definition) is 1. The van der Waals surface area contributed by atoms with Crippen molar-refractivity contribution in [1.29, 1.82) is 0 Å². The van der Waals surface area contributed by atoms with Gasteiger partial charge in [-0.15, -0.1) is 0 Å². The van der Waals surface area contributed by atoms with Crippen molar-refractivity contribution in [3.63, 3.8) is 0 Å². The highest BCUT2D eigenvalue weighted by atomic mass is 16.2. The highest BCUT2D eigenvalue weighted by Crippen LogP contribution is 2.29. The lowest BCUT2D eigenvalue weighted by atomic mass is 9.98. The Hall–Kier alpha value is -1.35. The molecule has 0 radical (unpaired) electrons. The van der Waals surface area contributed by atoms with Crippen molar-refractivity contribution in [3.8, 4) is 0 Å². The van der Waals surface area contributed by atoms with E-state index in [1.807, 2.05) is 29.2 Å². The van der Waals surface area contributed by atoms with Gasteiger partial charge in [0.15, 0.2) is 0 Å². The van der Waals surface area contributed by atoms with Crippen LogP contribution in [0.4, 0.5) is 0 Å². The van der Waals surface area contributed by atoms with Gasteiger partial charge in [0.1, 0.15) is 0 Å². The summed E-state index contributed by atoms with van der Waals surface area (Å²) in [6.45, 7) is 5.55. The minimum Gasteiger partial charge on any atom is -0.332 e. The highest BCUT2D eigenvalue weighted by molar-refractivity contribution is 5.95. The van der Waals surface area contributed by atoms with Crippen LogP contribution in [0, 0.1) is 0 Å². The van der Waals surface area contributed by atoms with Crippen LogP contribution in [-0.2, 0) is 6.42 Å². The summed E-state index contributed by atoms with van der Waals surface area (Å²) in [7, 11) is 0. The minimum absolute atomic E-state index is 0.114. The lowest BCUT2D eigenvalue weighted by Crippen LogP contribution is -2.50. The second-order valence-electron chi connectivity index (χ2n) is 5.31. The van der Waals surface area contributed by atoms with Crippen LogP contribution in [0.2, 0.25) is 0 Å². The molecule has 1 fully saturated rings. The standard InChI is InChI=1S/C15H22N2O/c1-3-12-5-7-13(8-6-12)14(18)17-10-4-9-15(17,2)11-16/h5-8H,3-4,9-11,16H2,1-2H3. The van der Waals surface area contributed by atoms with E-state index in [4.69, 9.17) is 5.73 Å². The Morgan fingerprint density at radius 1 is 1.39 bits per heavy atom. The normalized spacial score (nSPS) is 23.4. The quantitative estimate of drug-likeness (QED) is 0.888. The van der Waals surface area contributed by atoms with Gasteiger partial charge in [-0.3, -0.25) is 4.79 Å². The number of aryl methyl sites for hydroxylation is 1. The first kappa shape index (κ1) is 13.1. The number of likely N-dealkylation sites (tertiary alicyclic amines) is 1. The fraction of sp³-hybridized carbons (Fsp3) is 0.533. The van der Waals surface area contributed by atoms with E-state index in [1.54, 1.807) is 0 Å². The van der Waals surface area contributed by atoms with E-state index in [-0.39, 0.29) is 11.4 Å². The molecule has 2 N–H and O–H groups in total. The second-order valence-corrected chi connectivity index (χ2v) is 5.31. The number of carbonyl (C=O) groups excluding carboxylic acids is 1. The molecule has 1 unspecified atom stereocenters. The molecule has 0 saturated carbocycles. The molecule has 0 aromatic heterocycles. The molecule has 0 bridgehead atoms. The molecule has 3 nitrogen and oxygen atoms in total. The molecule has 1 heterocycles. The first-order chi connectivity index (χ1) is 8.60. The lowest BCUT2D eigenvalue weighted by Gasteiger charge is -2.34. The van der Waals surface area contributed by atoms with Crippen LogP contribution in [0.25, 0.3) is 0 Å². The Bertz CT molecular complexity index is 427. The summed E-state index contributed by atoms with van der Waals surface area (Å²) in [6.07, 6.45) is 3.05. The van der Waals surface area contributed by atoms with Gasteiger partial charge in [-0.25, -0.2) is 0 Å². The summed E-state index contributed by atoms with van der Waals surface area (Å²) in [4.78, 5) is 14.4. The average Bonchev–Trinajstić information content (AvgIpc) is 2.81. The molecule has 1 aliphatic rings. The molecule has 0 spiro atoms. The Kier molecular flexibility index (Phi) is 3.71. The van der Waals surface area contributed by atoms with E-state index in [2.05, 4.69) is 13.8 Å². The van der Waals surface area contributed by atoms with Crippen LogP contribution in [0.5, 0.6) is 0 Å². The molecule has 2 rings (SSSR count). The summed E-state index contributed by atoms with van der Waals surface area (Å²) >= 11 is 0. The van der Waals surface area contributed by atoms with Crippen LogP contribution in [0.15, 0.2) is 24.3 Å². The minimum atomic E-state index is -0.166. The smallest absolute Gasteiger partial charge is 0.254 e. The Morgan fingerprint density at radius 2 is 2.06 bits per heavy atom. The van der Waals surface area contributed by atoms with E-state index in [0.717, 1.165) is 31.4 Å². The van der Waals surface area contributed by atoms with Gasteiger partial charge in [0.05, 0.1) is 5.54 Å². The van der Waals surface area contributed by atoms with Crippen LogP contribution in [-0.4, -0.2) is 29.4 Å². The molecule has 1 atom stereocenters. The number of nitrogens with zero attached hydrogens (tertiary/aromatic N) is 1. The zero-order chi connectivity index (χ0) is 13.2. The highest BCUT2D eigenvalue weighted by Gasteiger charge is 2.38. The van der Waals surface area contributed by atoms with Crippen molar-refractivity contribution >= 4 is 5.91 Å². The maximum Gasteiger partial charge on any atom is 0.254 e. The molecule has 18 heavy (non-hydrogen) atoms. The maximum absolute atomic E-state index is 12.5. The predicted molar refractivity (Wildman–Crippen MR) is 73.5 cm³/mol. The van der Waals surface area contributed by atoms with E-state index in [1.165, 1.54) is 5.56 Å². The molecule has 1 aromatic carbocycles. The topological polar surface area (TPSA) is 46.3 Å². The van der Waals surface area contributed by atoms with Crippen molar-refractivity contribution in [2.45, 2.75) is 38.6 Å². The third-order valence-corrected chi connectivity index (χ3v) is 4.04. The Morgan fingerprint density at radius 3 is 2.61 bits per heavy atom. The number of hydrogen-bond acceptors (Lipinski definition) is 2. The van der Waals surface area contributed by atoms with Crippen molar-refractivity contribution in [1.82, 2.24) is 4.90 Å². The van der Waals surface area contributed by atoms with E-state index in [0.29, 0.717) is 6.54 Å². The van der Waals surface area contributed by atoms with Crippen molar-refractivity contribution in [3.05, 3.63) is 35.4 Å². The molecule has 98 valence electrons. The summed E-state index contributed by atoms with van der Waals surface area (Å²) in [6, 6.07) is 7.92. The van der Waals surface area contributed by atoms with Gasteiger partial charge < -0.3 is 10.6 Å². The summed E-state index contributed by atoms with van der Waals surface area (Å²) < 4.78 is 0. The van der Waals surface area contributed by atoms with Gasteiger partial charge in [0.2, 0.25) is 0 Å². The van der Waals surface area contributed by atoms with Gasteiger partial charge in [-0.05, 0) is 43.9 Å². The number of carbonyl (C=O) groups is 1. The fourth-order valence-electron chi connectivity index (χ4n) is 2.62. The summed E-state index contributed by atoms with van der Waals surface area (Å²) in [5, 5.41) is 0. The fourth-order valence-corrected chi connectivity index (χ4v) is 2.62. The monoisotopic (exact) mass is 246 g/mol. The van der Waals surface area contributed by atoms with Gasteiger partial charge in [0.25, 0.3) is 5.91 Å². The van der Waals surface area contributed by atoms with Gasteiger partial charge >= 0.3 is 0 Å². The third-order valence-electron chi connectivity index (χ3n) is 4.04. The summed E-state index contributed by atoms with van der Waals surface area (Å²) in [5.74, 6) is 0.114. The molecule has 1 amide bonds. The number of amides is 1. The molecule has 1 aliphatic heterocycles. The van der Waals surface area contributed by atoms with Crippen molar-refractivity contribution < 1.29 is 4.79 Å². The molecule has 0 aliphatic carbocycles. The predicted octanol–water partition coefficient (Wildman–Crippen LogP) is 2.20. The van der Waals surface area contributed by atoms with Crippen LogP contribution in [0.3, 0.4) is 0 Å². The van der Waals surface area contributed by atoms with Crippen LogP contribution in [0.1, 0.15) is 42.6 Å². The first-order valence-corrected chi connectivity index (χ1v) is 6.71. The molecule has 1 aromatic rings. The van der Waals surface area contributed by atoms with Gasteiger partial charge in [-0.2, -0.15) is 0 Å². The molecular weight excluding hydrogens is 224 g/mol.